The van der Waals surface area contributed by atoms with Crippen LogP contribution in [0.1, 0.15) is 20.8 Å². The Morgan fingerprint density at radius 3 is 2.71 bits per heavy atom. The van der Waals surface area contributed by atoms with Crippen molar-refractivity contribution in [2.24, 2.45) is 0 Å². The number of thiocarbonyl (C=S) groups is 1. The van der Waals surface area contributed by atoms with Gasteiger partial charge in [-0.05, 0) is 38.2 Å². The third-order valence-corrected chi connectivity index (χ3v) is 1.96. The lowest BCUT2D eigenvalue weighted by molar-refractivity contribution is -0.117. The van der Waals surface area contributed by atoms with Gasteiger partial charge in [0.1, 0.15) is 5.75 Å². The summed E-state index contributed by atoms with van der Waals surface area (Å²) in [5.41, 5.74) is 0.780. The highest BCUT2D eigenvalue weighted by molar-refractivity contribution is 7.80. The molecule has 4 nitrogen and oxygen atoms in total. The molecule has 1 rings (SSSR count). The summed E-state index contributed by atoms with van der Waals surface area (Å²) >= 11 is 4.96. The molecular weight excluding hydrogens is 236 g/mol. The van der Waals surface area contributed by atoms with Crippen molar-refractivity contribution in [3.63, 3.8) is 0 Å². The van der Waals surface area contributed by atoms with Gasteiger partial charge >= 0.3 is 0 Å². The Hall–Kier alpha value is -1.62. The normalized spacial score (nSPS) is 9.88. The van der Waals surface area contributed by atoms with E-state index in [2.05, 4.69) is 10.6 Å². The van der Waals surface area contributed by atoms with E-state index in [1.807, 2.05) is 38.1 Å². The van der Waals surface area contributed by atoms with Crippen molar-refractivity contribution in [2.75, 3.05) is 5.32 Å². The van der Waals surface area contributed by atoms with Crippen LogP contribution in [0.25, 0.3) is 0 Å². The first-order valence-electron chi connectivity index (χ1n) is 5.32. The maximum Gasteiger partial charge on any atom is 0.222 e. The van der Waals surface area contributed by atoms with E-state index in [1.165, 1.54) is 6.92 Å². The molecule has 92 valence electrons. The zero-order valence-corrected chi connectivity index (χ0v) is 10.9. The molecule has 17 heavy (non-hydrogen) atoms. The van der Waals surface area contributed by atoms with Crippen molar-refractivity contribution < 1.29 is 9.53 Å². The van der Waals surface area contributed by atoms with E-state index in [4.69, 9.17) is 17.0 Å². The minimum atomic E-state index is -0.197. The molecule has 0 atom stereocenters. The average molecular weight is 252 g/mol. The van der Waals surface area contributed by atoms with Crippen LogP contribution in [0.2, 0.25) is 0 Å². The zero-order chi connectivity index (χ0) is 12.8. The summed E-state index contributed by atoms with van der Waals surface area (Å²) in [6.45, 7) is 5.33. The first kappa shape index (κ1) is 13.4. The second-order valence-electron chi connectivity index (χ2n) is 3.83. The molecule has 0 saturated heterocycles. The predicted octanol–water partition coefficient (Wildman–Crippen LogP) is 2.31. The smallest absolute Gasteiger partial charge is 0.222 e. The van der Waals surface area contributed by atoms with Crippen molar-refractivity contribution in [1.82, 2.24) is 5.32 Å². The molecule has 2 N–H and O–H groups in total. The van der Waals surface area contributed by atoms with Crippen LogP contribution in [-0.4, -0.2) is 17.1 Å². The van der Waals surface area contributed by atoms with E-state index in [9.17, 15) is 4.79 Å². The summed E-state index contributed by atoms with van der Waals surface area (Å²) in [6, 6.07) is 7.40. The van der Waals surface area contributed by atoms with Gasteiger partial charge in [-0.3, -0.25) is 4.79 Å². The SMILES string of the molecule is CC(=O)NC(=S)Nc1cccc(OC(C)C)c1. The molecular formula is C12H16N2O2S. The number of amides is 1. The number of ether oxygens (including phenoxy) is 1. The topological polar surface area (TPSA) is 50.4 Å². The molecule has 0 radical (unpaired) electrons. The van der Waals surface area contributed by atoms with Gasteiger partial charge in [0.15, 0.2) is 5.11 Å². The van der Waals surface area contributed by atoms with Crippen molar-refractivity contribution >= 4 is 28.9 Å². The molecule has 5 heteroatoms. The molecule has 1 aromatic rings. The lowest BCUT2D eigenvalue weighted by Gasteiger charge is -2.12. The molecule has 0 fully saturated rings. The molecule has 0 aliphatic carbocycles. The molecule has 0 spiro atoms. The quantitative estimate of drug-likeness (QED) is 0.811. The second-order valence-corrected chi connectivity index (χ2v) is 4.24. The maximum atomic E-state index is 10.8. The van der Waals surface area contributed by atoms with Crippen LogP contribution in [-0.2, 0) is 4.79 Å². The van der Waals surface area contributed by atoms with Gasteiger partial charge in [0, 0.05) is 18.7 Å². The largest absolute Gasteiger partial charge is 0.491 e. The minimum Gasteiger partial charge on any atom is -0.491 e. The third-order valence-electron chi connectivity index (χ3n) is 1.75. The van der Waals surface area contributed by atoms with Crippen LogP contribution in [0, 0.1) is 0 Å². The maximum absolute atomic E-state index is 10.8. The monoisotopic (exact) mass is 252 g/mol. The van der Waals surface area contributed by atoms with Crippen LogP contribution in [0.15, 0.2) is 24.3 Å². The fourth-order valence-corrected chi connectivity index (χ4v) is 1.50. The van der Waals surface area contributed by atoms with Gasteiger partial charge in [0.05, 0.1) is 6.10 Å². The molecule has 0 aliphatic rings. The van der Waals surface area contributed by atoms with Gasteiger partial charge in [-0.1, -0.05) is 6.07 Å². The summed E-state index contributed by atoms with van der Waals surface area (Å²) < 4.78 is 5.55. The summed E-state index contributed by atoms with van der Waals surface area (Å²) in [5.74, 6) is 0.563. The van der Waals surface area contributed by atoms with Gasteiger partial charge in [-0.2, -0.15) is 0 Å². The first-order valence-corrected chi connectivity index (χ1v) is 5.73. The van der Waals surface area contributed by atoms with Crippen molar-refractivity contribution in [2.45, 2.75) is 26.9 Å². The van der Waals surface area contributed by atoms with E-state index >= 15 is 0 Å². The number of nitrogens with one attached hydrogen (secondary N) is 2. The number of carbonyl (C=O) groups is 1. The van der Waals surface area contributed by atoms with Crippen LogP contribution in [0.3, 0.4) is 0 Å². The lowest BCUT2D eigenvalue weighted by atomic mass is 10.3. The number of hydrogen-bond donors (Lipinski definition) is 2. The molecule has 0 aliphatic heterocycles. The van der Waals surface area contributed by atoms with E-state index in [0.717, 1.165) is 11.4 Å². The fourth-order valence-electron chi connectivity index (χ4n) is 1.24. The Morgan fingerprint density at radius 1 is 1.41 bits per heavy atom. The lowest BCUT2D eigenvalue weighted by Crippen LogP contribution is -2.32. The van der Waals surface area contributed by atoms with Crippen molar-refractivity contribution in [3.05, 3.63) is 24.3 Å². The highest BCUT2D eigenvalue weighted by Crippen LogP contribution is 2.18. The van der Waals surface area contributed by atoms with Gasteiger partial charge in [-0.25, -0.2) is 0 Å². The number of carbonyl (C=O) groups excluding carboxylic acids is 1. The molecule has 1 aromatic carbocycles. The molecule has 0 aromatic heterocycles. The molecule has 0 bridgehead atoms. The standard InChI is InChI=1S/C12H16N2O2S/c1-8(2)16-11-6-4-5-10(7-11)14-12(17)13-9(3)15/h4-8H,1-3H3,(H2,13,14,15,17). The molecule has 1 amide bonds. The van der Waals surface area contributed by atoms with Gasteiger partial charge in [0.2, 0.25) is 5.91 Å². The Morgan fingerprint density at radius 2 is 2.12 bits per heavy atom. The highest BCUT2D eigenvalue weighted by Gasteiger charge is 2.02. The summed E-state index contributed by atoms with van der Waals surface area (Å²) in [6.07, 6.45) is 0.118. The summed E-state index contributed by atoms with van der Waals surface area (Å²) in [5, 5.41) is 5.68. The van der Waals surface area contributed by atoms with Crippen LogP contribution >= 0.6 is 12.2 Å². The Labute approximate surface area is 106 Å². The van der Waals surface area contributed by atoms with Gasteiger partial charge < -0.3 is 15.4 Å². The van der Waals surface area contributed by atoms with Crippen LogP contribution in [0.4, 0.5) is 5.69 Å². The fraction of sp³-hybridized carbons (Fsp3) is 0.333. The Balaban J connectivity index is 2.65. The van der Waals surface area contributed by atoms with Gasteiger partial charge in [0.25, 0.3) is 0 Å². The number of rotatable bonds is 3. The third kappa shape index (κ3) is 5.31. The van der Waals surface area contributed by atoms with Crippen molar-refractivity contribution in [1.29, 1.82) is 0 Å². The number of hydrogen-bond acceptors (Lipinski definition) is 3. The molecule has 0 saturated carbocycles. The first-order chi connectivity index (χ1) is 7.97. The average Bonchev–Trinajstić information content (AvgIpc) is 2.14. The summed E-state index contributed by atoms with van der Waals surface area (Å²) in [7, 11) is 0. The highest BCUT2D eigenvalue weighted by atomic mass is 32.1. The van der Waals surface area contributed by atoms with Crippen LogP contribution in [0.5, 0.6) is 5.75 Å². The van der Waals surface area contributed by atoms with E-state index < -0.39 is 0 Å². The van der Waals surface area contributed by atoms with Gasteiger partial charge in [-0.15, -0.1) is 0 Å². The Bertz CT molecular complexity index is 419. The van der Waals surface area contributed by atoms with Crippen LogP contribution < -0.4 is 15.4 Å². The predicted molar refractivity (Wildman–Crippen MR) is 72.2 cm³/mol. The van der Waals surface area contributed by atoms with E-state index in [1.54, 1.807) is 0 Å². The zero-order valence-electron chi connectivity index (χ0n) is 10.1. The number of anilines is 1. The Kier molecular flexibility index (Phi) is 4.90. The summed E-state index contributed by atoms with van der Waals surface area (Å²) in [4.78, 5) is 10.8. The molecule has 0 heterocycles. The number of benzene rings is 1. The molecule has 0 unspecified atom stereocenters. The van der Waals surface area contributed by atoms with Crippen molar-refractivity contribution in [3.8, 4) is 5.75 Å². The van der Waals surface area contributed by atoms with E-state index in [0.29, 0.717) is 0 Å². The second kappa shape index (κ2) is 6.20. The minimum absolute atomic E-state index is 0.118. The van der Waals surface area contributed by atoms with E-state index in [-0.39, 0.29) is 17.1 Å².